The molecule has 41 heavy (non-hydrogen) atoms. The summed E-state index contributed by atoms with van der Waals surface area (Å²) in [5.74, 6) is -7.39. The van der Waals surface area contributed by atoms with Crippen LogP contribution < -0.4 is 4.74 Å². The third-order valence-electron chi connectivity index (χ3n) is 9.53. The number of rotatable bonds is 3. The van der Waals surface area contributed by atoms with E-state index in [1.54, 1.807) is 6.08 Å². The Morgan fingerprint density at radius 1 is 1.00 bits per heavy atom. The Bertz CT molecular complexity index is 1400. The van der Waals surface area contributed by atoms with Gasteiger partial charge in [-0.2, -0.15) is 0 Å². The number of likely N-dealkylation sites (tertiary alicyclic amines) is 2. The molecular weight excluding hydrogens is 588 g/mol. The maximum Gasteiger partial charge on any atom is 0.573 e. The van der Waals surface area contributed by atoms with E-state index in [1.807, 2.05) is 0 Å². The lowest BCUT2D eigenvalue weighted by atomic mass is 9.56. The average molecular weight is 615 g/mol. The summed E-state index contributed by atoms with van der Waals surface area (Å²) < 4.78 is 43.4. The quantitative estimate of drug-likeness (QED) is 0.303. The molecule has 13 heteroatoms. The second-order valence-electron chi connectivity index (χ2n) is 11.6. The van der Waals surface area contributed by atoms with Gasteiger partial charge in [0, 0.05) is 24.6 Å². The van der Waals surface area contributed by atoms with Crippen LogP contribution in [0.5, 0.6) is 11.5 Å². The number of allylic oxidation sites excluding steroid dienone is 2. The molecule has 6 atom stereocenters. The summed E-state index contributed by atoms with van der Waals surface area (Å²) in [7, 11) is 1.20. The highest BCUT2D eigenvalue weighted by atomic mass is 35.5. The molecule has 1 aromatic carbocycles. The lowest BCUT2D eigenvalue weighted by molar-refractivity contribution is -0.274. The monoisotopic (exact) mass is 614 g/mol. The van der Waals surface area contributed by atoms with E-state index in [-0.39, 0.29) is 36.3 Å². The van der Waals surface area contributed by atoms with E-state index in [4.69, 9.17) is 23.2 Å². The number of amides is 4. The van der Waals surface area contributed by atoms with Gasteiger partial charge < -0.3 is 9.84 Å². The highest BCUT2D eigenvalue weighted by Crippen LogP contribution is 2.66. The van der Waals surface area contributed by atoms with Crippen LogP contribution in [0, 0.1) is 17.8 Å². The minimum Gasteiger partial charge on any atom is -0.508 e. The van der Waals surface area contributed by atoms with Crippen molar-refractivity contribution >= 4 is 46.8 Å². The largest absolute Gasteiger partial charge is 0.573 e. The van der Waals surface area contributed by atoms with E-state index in [9.17, 15) is 37.5 Å². The zero-order chi connectivity index (χ0) is 29.6. The third-order valence-corrected chi connectivity index (χ3v) is 10.9. The molecule has 4 amide bonds. The van der Waals surface area contributed by atoms with Crippen molar-refractivity contribution in [3.05, 3.63) is 35.4 Å². The fourth-order valence-electron chi connectivity index (χ4n) is 7.77. The Morgan fingerprint density at radius 2 is 1.68 bits per heavy atom. The number of phenolic OH excluding ortho intramolecular Hbond substituents is 1. The number of ether oxygens (including phenoxy) is 1. The number of aromatic hydroxyl groups is 1. The van der Waals surface area contributed by atoms with Crippen molar-refractivity contribution < 1.29 is 42.2 Å². The zero-order valence-corrected chi connectivity index (χ0v) is 23.4. The van der Waals surface area contributed by atoms with Gasteiger partial charge in [-0.15, -0.1) is 36.4 Å². The van der Waals surface area contributed by atoms with Crippen LogP contribution in [0.25, 0.3) is 0 Å². The topological polar surface area (TPSA) is 104 Å². The third kappa shape index (κ3) is 3.94. The number of phenols is 1. The molecule has 6 rings (SSSR count). The minimum absolute atomic E-state index is 0.126. The molecule has 1 aromatic rings. The molecular formula is C28H27Cl2F3N2O6. The Morgan fingerprint density at radius 3 is 2.34 bits per heavy atom. The van der Waals surface area contributed by atoms with Gasteiger partial charge in [0.25, 0.3) is 11.8 Å². The van der Waals surface area contributed by atoms with E-state index >= 15 is 0 Å². The number of fused-ring (bicyclic) bond motifs is 4. The molecule has 0 bridgehead atoms. The molecule has 5 aliphatic rings. The van der Waals surface area contributed by atoms with Crippen molar-refractivity contribution in [3.63, 3.8) is 0 Å². The predicted molar refractivity (Wildman–Crippen MR) is 139 cm³/mol. The van der Waals surface area contributed by atoms with Crippen LogP contribution >= 0.6 is 23.2 Å². The number of hydrogen-bond acceptors (Lipinski definition) is 6. The van der Waals surface area contributed by atoms with E-state index < -0.39 is 63.1 Å². The Hall–Kier alpha value is -2.79. The van der Waals surface area contributed by atoms with Gasteiger partial charge in [0.15, 0.2) is 9.75 Å². The van der Waals surface area contributed by atoms with Crippen molar-refractivity contribution in [2.24, 2.45) is 17.8 Å². The van der Waals surface area contributed by atoms with E-state index in [0.29, 0.717) is 18.4 Å². The van der Waals surface area contributed by atoms with Gasteiger partial charge >= 0.3 is 6.36 Å². The summed E-state index contributed by atoms with van der Waals surface area (Å²) in [5, 5.41) is 10.9. The van der Waals surface area contributed by atoms with Gasteiger partial charge in [0.05, 0.1) is 11.8 Å². The molecule has 1 N–H and O–H groups in total. The fourth-order valence-corrected chi connectivity index (χ4v) is 8.79. The number of halogens is 5. The lowest BCUT2D eigenvalue weighted by Crippen LogP contribution is -2.60. The van der Waals surface area contributed by atoms with Gasteiger partial charge in [0.2, 0.25) is 11.8 Å². The first-order valence-electron chi connectivity index (χ1n) is 13.6. The molecule has 2 saturated heterocycles. The number of carbonyl (C=O) groups is 4. The standard InChI is InChI=1S/C28H27Cl2F3N2O6/c1-34-24(39)26(29)12-18-15(8-9-16-20(18)23(38)35(22(16)37)13-5-3-2-4-6-13)21(27(26,30)25(34)40)17-11-14(7-10-19(17)36)41-28(31,32)33/h7-8,10-11,13,16,18,20-21,36H,2-6,9,12H2,1H3. The van der Waals surface area contributed by atoms with Crippen molar-refractivity contribution in [2.75, 3.05) is 7.05 Å². The van der Waals surface area contributed by atoms with Gasteiger partial charge in [-0.1, -0.05) is 30.9 Å². The molecule has 2 aliphatic heterocycles. The first kappa shape index (κ1) is 28.3. The van der Waals surface area contributed by atoms with E-state index in [1.165, 1.54) is 11.9 Å². The van der Waals surface area contributed by atoms with Crippen LogP contribution in [0.1, 0.15) is 56.4 Å². The number of nitrogens with zero attached hydrogens (tertiary/aromatic N) is 2. The first-order chi connectivity index (χ1) is 19.2. The number of benzene rings is 1. The number of carbonyl (C=O) groups excluding carboxylic acids is 4. The second kappa shape index (κ2) is 9.36. The van der Waals surface area contributed by atoms with Crippen LogP contribution in [0.15, 0.2) is 29.8 Å². The SMILES string of the molecule is CN1C(=O)C2(Cl)CC3C(=CCC4C(=O)N(C5CCCCC5)C(=O)C43)C(c3cc(OC(F)(F)F)ccc3O)C2(Cl)C1=O. The van der Waals surface area contributed by atoms with Gasteiger partial charge in [0.1, 0.15) is 11.5 Å². The van der Waals surface area contributed by atoms with Crippen LogP contribution in [-0.2, 0) is 19.2 Å². The van der Waals surface area contributed by atoms with Gasteiger partial charge in [-0.25, -0.2) is 0 Å². The Labute approximate surface area is 243 Å². The lowest BCUT2D eigenvalue weighted by Gasteiger charge is -2.50. The summed E-state index contributed by atoms with van der Waals surface area (Å²) in [6.07, 6.45) is 0.710. The number of alkyl halides is 5. The first-order valence-corrected chi connectivity index (χ1v) is 14.3. The molecule has 6 unspecified atom stereocenters. The highest BCUT2D eigenvalue weighted by molar-refractivity contribution is 6.53. The smallest absolute Gasteiger partial charge is 0.508 e. The predicted octanol–water partition coefficient (Wildman–Crippen LogP) is 4.61. The minimum atomic E-state index is -5.05. The molecule has 8 nitrogen and oxygen atoms in total. The zero-order valence-electron chi connectivity index (χ0n) is 21.9. The Kier molecular flexibility index (Phi) is 6.47. The van der Waals surface area contributed by atoms with Crippen LogP contribution in [0.2, 0.25) is 0 Å². The van der Waals surface area contributed by atoms with Crippen molar-refractivity contribution in [2.45, 2.75) is 73.0 Å². The Balaban J connectivity index is 1.50. The normalized spacial score (nSPS) is 35.8. The second-order valence-corrected chi connectivity index (χ2v) is 12.8. The summed E-state index contributed by atoms with van der Waals surface area (Å²) >= 11 is 14.1. The molecule has 3 aliphatic carbocycles. The van der Waals surface area contributed by atoms with E-state index in [2.05, 4.69) is 4.74 Å². The molecule has 2 heterocycles. The van der Waals surface area contributed by atoms with E-state index in [0.717, 1.165) is 42.4 Å². The average Bonchev–Trinajstić information content (AvgIpc) is 3.24. The molecule has 220 valence electrons. The van der Waals surface area contributed by atoms with Gasteiger partial charge in [-0.3, -0.25) is 29.0 Å². The van der Waals surface area contributed by atoms with Gasteiger partial charge in [-0.05, 0) is 49.8 Å². The van der Waals surface area contributed by atoms with Crippen LogP contribution in [0.4, 0.5) is 13.2 Å². The number of hydrogen-bond donors (Lipinski definition) is 1. The summed E-state index contributed by atoms with van der Waals surface area (Å²) in [5.41, 5.74) is 0.165. The molecule has 0 spiro atoms. The van der Waals surface area contributed by atoms with Crippen LogP contribution in [-0.4, -0.2) is 67.7 Å². The van der Waals surface area contributed by atoms with Crippen molar-refractivity contribution in [1.29, 1.82) is 0 Å². The van der Waals surface area contributed by atoms with Crippen LogP contribution in [0.3, 0.4) is 0 Å². The summed E-state index contributed by atoms with van der Waals surface area (Å²) in [6, 6.07) is 2.57. The maximum absolute atomic E-state index is 14.0. The maximum atomic E-state index is 14.0. The molecule has 0 aromatic heterocycles. The van der Waals surface area contributed by atoms with Crippen molar-refractivity contribution in [3.8, 4) is 11.5 Å². The molecule has 4 fully saturated rings. The summed E-state index contributed by atoms with van der Waals surface area (Å²) in [6.45, 7) is 0. The highest BCUT2D eigenvalue weighted by Gasteiger charge is 2.76. The number of imide groups is 2. The fraction of sp³-hybridized carbons (Fsp3) is 0.571. The molecule has 2 saturated carbocycles. The molecule has 0 radical (unpaired) electrons. The van der Waals surface area contributed by atoms with Crippen molar-refractivity contribution in [1.82, 2.24) is 9.80 Å². The summed E-state index contributed by atoms with van der Waals surface area (Å²) in [4.78, 5) is 52.4.